The first-order valence-electron chi connectivity index (χ1n) is 11.5. The molecule has 0 saturated carbocycles. The molecule has 1 aliphatic heterocycles. The molecule has 0 spiro atoms. The topological polar surface area (TPSA) is 89.4 Å². The number of nitrogens with one attached hydrogen (secondary N) is 2. The van der Waals surface area contributed by atoms with E-state index in [2.05, 4.69) is 27.6 Å². The van der Waals surface area contributed by atoms with Crippen LogP contribution in [-0.2, 0) is 22.6 Å². The first kappa shape index (κ1) is 25.1. The smallest absolute Gasteiger partial charge is 0.378 e. The molecule has 9 nitrogen and oxygen atoms in total. The van der Waals surface area contributed by atoms with Crippen LogP contribution in [0, 0.1) is 6.92 Å². The van der Waals surface area contributed by atoms with Gasteiger partial charge in [0.05, 0.1) is 19.8 Å². The maximum absolute atomic E-state index is 12.5. The summed E-state index contributed by atoms with van der Waals surface area (Å²) in [6.07, 6.45) is -4.39. The Hall–Kier alpha value is -2.96. The number of aromatic nitrogens is 4. The second kappa shape index (κ2) is 10.8. The second-order valence-corrected chi connectivity index (χ2v) is 8.64. The molecule has 0 bridgehead atoms. The van der Waals surface area contributed by atoms with E-state index in [4.69, 9.17) is 19.4 Å². The second-order valence-electron chi connectivity index (χ2n) is 8.64. The minimum atomic E-state index is -4.39. The minimum absolute atomic E-state index is 0.103. The molecule has 12 heteroatoms. The van der Waals surface area contributed by atoms with Crippen LogP contribution in [0.1, 0.15) is 18.2 Å². The number of piperazine rings is 1. The van der Waals surface area contributed by atoms with E-state index >= 15 is 0 Å². The zero-order chi connectivity index (χ0) is 25.0. The van der Waals surface area contributed by atoms with Gasteiger partial charge in [0.2, 0.25) is 5.95 Å². The van der Waals surface area contributed by atoms with E-state index in [0.29, 0.717) is 28.5 Å². The van der Waals surface area contributed by atoms with Crippen molar-refractivity contribution in [1.82, 2.24) is 25.1 Å². The SMILES string of the molecule is COCc1nn(CCOCC(F)(F)F)c2c(Nc3cccc(C)c3)nc(N3CCN[C@H](C)C3)nc12. The van der Waals surface area contributed by atoms with Crippen molar-refractivity contribution in [2.45, 2.75) is 39.2 Å². The highest BCUT2D eigenvalue weighted by Crippen LogP contribution is 2.30. The van der Waals surface area contributed by atoms with Crippen molar-refractivity contribution in [2.24, 2.45) is 0 Å². The average Bonchev–Trinajstić information content (AvgIpc) is 3.14. The molecule has 1 atom stereocenters. The summed E-state index contributed by atoms with van der Waals surface area (Å²) in [4.78, 5) is 11.8. The molecule has 3 heterocycles. The lowest BCUT2D eigenvalue weighted by atomic mass is 10.2. The summed E-state index contributed by atoms with van der Waals surface area (Å²) in [5.41, 5.74) is 3.66. The Balaban J connectivity index is 1.75. The van der Waals surface area contributed by atoms with Crippen molar-refractivity contribution in [1.29, 1.82) is 0 Å². The number of methoxy groups -OCH3 is 1. The van der Waals surface area contributed by atoms with Crippen LogP contribution in [-0.4, -0.2) is 71.9 Å². The number of halogens is 3. The Bertz CT molecular complexity index is 1150. The molecule has 0 amide bonds. The summed E-state index contributed by atoms with van der Waals surface area (Å²) in [5.74, 6) is 1.08. The monoisotopic (exact) mass is 493 g/mol. The Morgan fingerprint density at radius 2 is 2.09 bits per heavy atom. The van der Waals surface area contributed by atoms with E-state index in [9.17, 15) is 13.2 Å². The third-order valence-corrected chi connectivity index (χ3v) is 5.57. The molecule has 1 aromatic carbocycles. The van der Waals surface area contributed by atoms with Gasteiger partial charge in [-0.3, -0.25) is 4.68 Å². The number of fused-ring (bicyclic) bond motifs is 1. The van der Waals surface area contributed by atoms with E-state index < -0.39 is 12.8 Å². The number of hydrogen-bond acceptors (Lipinski definition) is 8. The fourth-order valence-electron chi connectivity index (χ4n) is 4.07. The van der Waals surface area contributed by atoms with Gasteiger partial charge in [0.15, 0.2) is 5.82 Å². The van der Waals surface area contributed by atoms with Gasteiger partial charge in [-0.1, -0.05) is 12.1 Å². The lowest BCUT2D eigenvalue weighted by molar-refractivity contribution is -0.174. The molecular formula is C23H30F3N7O2. The molecular weight excluding hydrogens is 463 g/mol. The van der Waals surface area contributed by atoms with E-state index in [-0.39, 0.29) is 25.8 Å². The van der Waals surface area contributed by atoms with E-state index in [1.54, 1.807) is 11.8 Å². The highest BCUT2D eigenvalue weighted by molar-refractivity contribution is 5.90. The van der Waals surface area contributed by atoms with Crippen LogP contribution >= 0.6 is 0 Å². The largest absolute Gasteiger partial charge is 0.411 e. The number of nitrogens with zero attached hydrogens (tertiary/aromatic N) is 5. The minimum Gasteiger partial charge on any atom is -0.378 e. The van der Waals surface area contributed by atoms with Crippen molar-refractivity contribution in [3.05, 3.63) is 35.5 Å². The standard InChI is InChI=1S/C23H30F3N7O2/c1-15-5-4-6-17(11-15)28-21-20-19(29-22(30-21)32-8-7-27-16(2)12-32)18(13-34-3)31-33(20)9-10-35-14-23(24,25)26/h4-6,11,16,27H,7-10,12-14H2,1-3H3,(H,28,29,30)/t16-/m1/s1. The summed E-state index contributed by atoms with van der Waals surface area (Å²) >= 11 is 0. The molecule has 2 N–H and O–H groups in total. The maximum atomic E-state index is 12.5. The van der Waals surface area contributed by atoms with Crippen molar-refractivity contribution in [3.8, 4) is 0 Å². The molecule has 2 aromatic heterocycles. The quantitative estimate of drug-likeness (QED) is 0.439. The van der Waals surface area contributed by atoms with Gasteiger partial charge in [0.1, 0.15) is 23.3 Å². The van der Waals surface area contributed by atoms with Gasteiger partial charge in [-0.25, -0.2) is 4.98 Å². The Morgan fingerprint density at radius 3 is 2.80 bits per heavy atom. The van der Waals surface area contributed by atoms with Gasteiger partial charge in [0, 0.05) is 38.5 Å². The number of anilines is 3. The maximum Gasteiger partial charge on any atom is 0.411 e. The number of rotatable bonds is 9. The van der Waals surface area contributed by atoms with Crippen molar-refractivity contribution in [3.63, 3.8) is 0 Å². The summed E-state index contributed by atoms with van der Waals surface area (Å²) in [6, 6.07) is 8.13. The molecule has 0 radical (unpaired) electrons. The normalized spacial score (nSPS) is 16.7. The van der Waals surface area contributed by atoms with Crippen molar-refractivity contribution >= 4 is 28.5 Å². The van der Waals surface area contributed by atoms with Crippen LogP contribution in [0.2, 0.25) is 0 Å². The van der Waals surface area contributed by atoms with Crippen molar-refractivity contribution in [2.75, 3.05) is 50.2 Å². The van der Waals surface area contributed by atoms with Crippen LogP contribution in [0.5, 0.6) is 0 Å². The molecule has 190 valence electrons. The summed E-state index contributed by atoms with van der Waals surface area (Å²) in [6.45, 7) is 5.23. The van der Waals surface area contributed by atoms with Crippen LogP contribution in [0.25, 0.3) is 11.0 Å². The molecule has 35 heavy (non-hydrogen) atoms. The molecule has 1 saturated heterocycles. The molecule has 4 rings (SSSR count). The van der Waals surface area contributed by atoms with E-state index in [1.165, 1.54) is 0 Å². The molecule has 0 aliphatic carbocycles. The van der Waals surface area contributed by atoms with Crippen LogP contribution in [0.15, 0.2) is 24.3 Å². The summed E-state index contributed by atoms with van der Waals surface area (Å²) in [5, 5.41) is 11.4. The molecule has 1 aliphatic rings. The predicted molar refractivity (Wildman–Crippen MR) is 127 cm³/mol. The fraction of sp³-hybridized carbons (Fsp3) is 0.522. The van der Waals surface area contributed by atoms with E-state index in [0.717, 1.165) is 30.9 Å². The number of ether oxygens (including phenoxy) is 2. The third-order valence-electron chi connectivity index (χ3n) is 5.57. The molecule has 0 unspecified atom stereocenters. The van der Waals surface area contributed by atoms with Gasteiger partial charge in [-0.05, 0) is 31.5 Å². The Morgan fingerprint density at radius 1 is 1.26 bits per heavy atom. The van der Waals surface area contributed by atoms with Gasteiger partial charge >= 0.3 is 6.18 Å². The Labute approximate surface area is 201 Å². The first-order valence-corrected chi connectivity index (χ1v) is 11.5. The fourth-order valence-corrected chi connectivity index (χ4v) is 4.07. The lowest BCUT2D eigenvalue weighted by Crippen LogP contribution is -2.49. The van der Waals surface area contributed by atoms with Gasteiger partial charge in [-0.2, -0.15) is 23.3 Å². The highest BCUT2D eigenvalue weighted by Gasteiger charge is 2.28. The zero-order valence-corrected chi connectivity index (χ0v) is 20.0. The number of aryl methyl sites for hydroxylation is 1. The van der Waals surface area contributed by atoms with Gasteiger partial charge in [-0.15, -0.1) is 0 Å². The summed E-state index contributed by atoms with van der Waals surface area (Å²) in [7, 11) is 1.56. The highest BCUT2D eigenvalue weighted by atomic mass is 19.4. The molecule has 1 fully saturated rings. The van der Waals surface area contributed by atoms with Gasteiger partial charge in [0.25, 0.3) is 0 Å². The number of benzene rings is 1. The zero-order valence-electron chi connectivity index (χ0n) is 20.0. The van der Waals surface area contributed by atoms with Crippen LogP contribution < -0.4 is 15.5 Å². The third kappa shape index (κ3) is 6.38. The van der Waals surface area contributed by atoms with Crippen molar-refractivity contribution < 1.29 is 22.6 Å². The number of alkyl halides is 3. The lowest BCUT2D eigenvalue weighted by Gasteiger charge is -2.32. The van der Waals surface area contributed by atoms with Crippen LogP contribution in [0.3, 0.4) is 0 Å². The first-order chi connectivity index (χ1) is 16.7. The predicted octanol–water partition coefficient (Wildman–Crippen LogP) is 3.40. The summed E-state index contributed by atoms with van der Waals surface area (Å²) < 4.78 is 49.3. The Kier molecular flexibility index (Phi) is 7.72. The average molecular weight is 494 g/mol. The number of hydrogen-bond donors (Lipinski definition) is 2. The molecule has 3 aromatic rings. The van der Waals surface area contributed by atoms with Crippen LogP contribution in [0.4, 0.5) is 30.6 Å². The van der Waals surface area contributed by atoms with E-state index in [1.807, 2.05) is 31.2 Å². The van der Waals surface area contributed by atoms with Gasteiger partial charge < -0.3 is 25.0 Å².